The van der Waals surface area contributed by atoms with Gasteiger partial charge in [0.1, 0.15) is 0 Å². The summed E-state index contributed by atoms with van der Waals surface area (Å²) in [6.45, 7) is 6.11. The number of carbonyl (C=O) groups excluding carboxylic acids is 3. The lowest BCUT2D eigenvalue weighted by Gasteiger charge is -2.36. The van der Waals surface area contributed by atoms with Crippen molar-refractivity contribution in [2.45, 2.75) is 51.6 Å². The second-order valence-corrected chi connectivity index (χ2v) is 6.34. The number of imide groups is 1. The number of amides is 4. The van der Waals surface area contributed by atoms with Crippen LogP contribution in [0.4, 0.5) is 9.59 Å². The Morgan fingerprint density at radius 1 is 1.12 bits per heavy atom. The number of hydrogen-bond donors (Lipinski definition) is 2. The molecule has 0 unspecified atom stereocenters. The van der Waals surface area contributed by atoms with Crippen LogP contribution in [-0.2, 0) is 9.53 Å². The SMILES string of the molecule is CCOC(=O)N1CCN([C@H](C)C(=O)NC(=O)NC2CCCC2)CC1. The van der Waals surface area contributed by atoms with Gasteiger partial charge in [0, 0.05) is 32.2 Å². The molecule has 1 aliphatic carbocycles. The first-order chi connectivity index (χ1) is 11.5. The summed E-state index contributed by atoms with van der Waals surface area (Å²) < 4.78 is 4.98. The second-order valence-electron chi connectivity index (χ2n) is 6.34. The van der Waals surface area contributed by atoms with Gasteiger partial charge in [-0.2, -0.15) is 0 Å². The fourth-order valence-electron chi connectivity index (χ4n) is 3.18. The van der Waals surface area contributed by atoms with E-state index in [0.717, 1.165) is 25.7 Å². The fraction of sp³-hybridized carbons (Fsp3) is 0.812. The summed E-state index contributed by atoms with van der Waals surface area (Å²) in [6, 6.07) is -0.645. The van der Waals surface area contributed by atoms with Crippen molar-refractivity contribution in [2.24, 2.45) is 0 Å². The van der Waals surface area contributed by atoms with Crippen LogP contribution in [0.25, 0.3) is 0 Å². The molecule has 0 bridgehead atoms. The minimum atomic E-state index is -0.413. The molecule has 1 saturated heterocycles. The third-order valence-corrected chi connectivity index (χ3v) is 4.69. The zero-order chi connectivity index (χ0) is 17.5. The van der Waals surface area contributed by atoms with Crippen molar-refractivity contribution in [3.05, 3.63) is 0 Å². The summed E-state index contributed by atoms with van der Waals surface area (Å²) in [5.41, 5.74) is 0. The van der Waals surface area contributed by atoms with E-state index < -0.39 is 12.1 Å². The van der Waals surface area contributed by atoms with Gasteiger partial charge in [0.2, 0.25) is 5.91 Å². The number of urea groups is 1. The molecule has 1 aliphatic heterocycles. The predicted octanol–water partition coefficient (Wildman–Crippen LogP) is 0.917. The van der Waals surface area contributed by atoms with E-state index in [2.05, 4.69) is 10.6 Å². The lowest BCUT2D eigenvalue weighted by atomic mass is 10.2. The van der Waals surface area contributed by atoms with Crippen LogP contribution in [-0.4, -0.2) is 72.7 Å². The molecule has 2 aliphatic rings. The van der Waals surface area contributed by atoms with Crippen LogP contribution in [0, 0.1) is 0 Å². The Hall–Kier alpha value is -1.83. The Balaban J connectivity index is 1.73. The van der Waals surface area contributed by atoms with E-state index in [4.69, 9.17) is 4.74 Å². The van der Waals surface area contributed by atoms with E-state index in [1.807, 2.05) is 4.90 Å². The zero-order valence-corrected chi connectivity index (χ0v) is 14.5. The highest BCUT2D eigenvalue weighted by molar-refractivity contribution is 5.96. The van der Waals surface area contributed by atoms with Crippen molar-refractivity contribution in [3.8, 4) is 0 Å². The molecular weight excluding hydrogens is 312 g/mol. The highest BCUT2D eigenvalue weighted by Crippen LogP contribution is 2.17. The third-order valence-electron chi connectivity index (χ3n) is 4.69. The summed E-state index contributed by atoms with van der Waals surface area (Å²) in [5.74, 6) is -0.310. The molecule has 8 heteroatoms. The number of rotatable bonds is 4. The number of carbonyl (C=O) groups is 3. The molecule has 1 atom stereocenters. The standard InChI is InChI=1S/C16H28N4O4/c1-3-24-16(23)20-10-8-19(9-11-20)12(2)14(21)18-15(22)17-13-6-4-5-7-13/h12-13H,3-11H2,1-2H3,(H2,17,18,21,22)/t12-/m1/s1. The van der Waals surface area contributed by atoms with Gasteiger partial charge in [0.15, 0.2) is 0 Å². The number of nitrogens with one attached hydrogen (secondary N) is 2. The van der Waals surface area contributed by atoms with Gasteiger partial charge in [-0.3, -0.25) is 15.0 Å². The monoisotopic (exact) mass is 340 g/mol. The molecule has 24 heavy (non-hydrogen) atoms. The molecule has 8 nitrogen and oxygen atoms in total. The number of nitrogens with zero attached hydrogens (tertiary/aromatic N) is 2. The molecule has 136 valence electrons. The highest BCUT2D eigenvalue weighted by Gasteiger charge is 2.29. The van der Waals surface area contributed by atoms with Gasteiger partial charge in [-0.1, -0.05) is 12.8 Å². The molecular formula is C16H28N4O4. The Labute approximate surface area is 142 Å². The van der Waals surface area contributed by atoms with Crippen molar-refractivity contribution >= 4 is 18.0 Å². The van der Waals surface area contributed by atoms with Crippen molar-refractivity contribution in [3.63, 3.8) is 0 Å². The lowest BCUT2D eigenvalue weighted by Crippen LogP contribution is -2.56. The molecule has 1 heterocycles. The highest BCUT2D eigenvalue weighted by atomic mass is 16.6. The summed E-state index contributed by atoms with van der Waals surface area (Å²) in [6.07, 6.45) is 3.89. The zero-order valence-electron chi connectivity index (χ0n) is 14.5. The minimum Gasteiger partial charge on any atom is -0.450 e. The first-order valence-corrected chi connectivity index (χ1v) is 8.78. The van der Waals surface area contributed by atoms with Crippen molar-refractivity contribution in [1.29, 1.82) is 0 Å². The average molecular weight is 340 g/mol. The van der Waals surface area contributed by atoms with Gasteiger partial charge >= 0.3 is 12.1 Å². The molecule has 0 aromatic carbocycles. The summed E-state index contributed by atoms with van der Waals surface area (Å²) in [5, 5.41) is 5.27. The molecule has 2 N–H and O–H groups in total. The van der Waals surface area contributed by atoms with Gasteiger partial charge in [-0.25, -0.2) is 9.59 Å². The predicted molar refractivity (Wildman–Crippen MR) is 88.6 cm³/mol. The van der Waals surface area contributed by atoms with Crippen molar-refractivity contribution in [2.75, 3.05) is 32.8 Å². The second kappa shape index (κ2) is 8.86. The summed E-state index contributed by atoms with van der Waals surface area (Å²) >= 11 is 0. The van der Waals surface area contributed by atoms with Crippen LogP contribution in [0.5, 0.6) is 0 Å². The molecule has 2 fully saturated rings. The molecule has 0 spiro atoms. The van der Waals surface area contributed by atoms with E-state index in [9.17, 15) is 14.4 Å². The molecule has 1 saturated carbocycles. The topological polar surface area (TPSA) is 91.0 Å². The largest absolute Gasteiger partial charge is 0.450 e. The molecule has 4 amide bonds. The van der Waals surface area contributed by atoms with Gasteiger partial charge in [0.05, 0.1) is 12.6 Å². The number of hydrogen-bond acceptors (Lipinski definition) is 5. The van der Waals surface area contributed by atoms with E-state index in [1.165, 1.54) is 0 Å². The third kappa shape index (κ3) is 5.09. The summed E-state index contributed by atoms with van der Waals surface area (Å²) in [7, 11) is 0. The van der Waals surface area contributed by atoms with Crippen LogP contribution in [0.3, 0.4) is 0 Å². The van der Waals surface area contributed by atoms with Crippen molar-refractivity contribution < 1.29 is 19.1 Å². The van der Waals surface area contributed by atoms with Gasteiger partial charge in [0.25, 0.3) is 0 Å². The Kier molecular flexibility index (Phi) is 6.84. The molecule has 0 radical (unpaired) electrons. The van der Waals surface area contributed by atoms with Crippen LogP contribution in [0.1, 0.15) is 39.5 Å². The first kappa shape index (κ1) is 18.5. The quantitative estimate of drug-likeness (QED) is 0.794. The Bertz CT molecular complexity index is 457. The van der Waals surface area contributed by atoms with E-state index >= 15 is 0 Å². The number of ether oxygens (including phenoxy) is 1. The first-order valence-electron chi connectivity index (χ1n) is 8.78. The lowest BCUT2D eigenvalue weighted by molar-refractivity contribution is -0.125. The Morgan fingerprint density at radius 3 is 2.33 bits per heavy atom. The molecule has 0 aromatic heterocycles. The average Bonchev–Trinajstić information content (AvgIpc) is 3.07. The maximum absolute atomic E-state index is 12.2. The van der Waals surface area contributed by atoms with E-state index in [0.29, 0.717) is 32.8 Å². The normalized spacial score (nSPS) is 20.5. The van der Waals surface area contributed by atoms with Crippen LogP contribution < -0.4 is 10.6 Å². The Morgan fingerprint density at radius 2 is 1.75 bits per heavy atom. The van der Waals surface area contributed by atoms with Crippen LogP contribution >= 0.6 is 0 Å². The van der Waals surface area contributed by atoms with Crippen LogP contribution in [0.2, 0.25) is 0 Å². The minimum absolute atomic E-state index is 0.182. The van der Waals surface area contributed by atoms with Gasteiger partial charge in [-0.05, 0) is 26.7 Å². The van der Waals surface area contributed by atoms with Gasteiger partial charge in [-0.15, -0.1) is 0 Å². The maximum atomic E-state index is 12.2. The van der Waals surface area contributed by atoms with E-state index in [-0.39, 0.29) is 18.0 Å². The smallest absolute Gasteiger partial charge is 0.409 e. The summed E-state index contributed by atoms with van der Waals surface area (Å²) in [4.78, 5) is 39.4. The van der Waals surface area contributed by atoms with Crippen LogP contribution in [0.15, 0.2) is 0 Å². The van der Waals surface area contributed by atoms with E-state index in [1.54, 1.807) is 18.7 Å². The molecule has 0 aromatic rings. The maximum Gasteiger partial charge on any atom is 0.409 e. The molecule has 2 rings (SSSR count). The van der Waals surface area contributed by atoms with Gasteiger partial charge < -0.3 is 15.0 Å². The van der Waals surface area contributed by atoms with Crippen molar-refractivity contribution in [1.82, 2.24) is 20.4 Å². The fourth-order valence-corrected chi connectivity index (χ4v) is 3.18. The number of piperazine rings is 1.